The molecule has 0 amide bonds. The number of hydrogen-bond donors (Lipinski definition) is 1. The molecule has 1 N–H and O–H groups in total. The minimum absolute atomic E-state index is 0.116. The summed E-state index contributed by atoms with van der Waals surface area (Å²) in [6.45, 7) is 6.57. The second kappa shape index (κ2) is 6.79. The zero-order valence-electron chi connectivity index (χ0n) is 11.5. The zero-order chi connectivity index (χ0) is 12.8. The van der Waals surface area contributed by atoms with Crippen LogP contribution in [0.25, 0.3) is 0 Å². The number of nitrogens with zero attached hydrogens (tertiary/aromatic N) is 1. The summed E-state index contributed by atoms with van der Waals surface area (Å²) in [7, 11) is 5.50. The van der Waals surface area contributed by atoms with Gasteiger partial charge in [-0.15, -0.1) is 0 Å². The van der Waals surface area contributed by atoms with Crippen LogP contribution in [0.5, 0.6) is 0 Å². The molecule has 0 fully saturated rings. The topological polar surface area (TPSA) is 35.4 Å². The molecule has 1 aromatic rings. The van der Waals surface area contributed by atoms with E-state index >= 15 is 0 Å². The van der Waals surface area contributed by atoms with E-state index < -0.39 is 0 Å². The third-order valence-corrected chi connectivity index (χ3v) is 3.25. The summed E-state index contributed by atoms with van der Waals surface area (Å²) < 4.78 is 12.6. The molecule has 0 saturated carbocycles. The molecule has 0 aromatic carbocycles. The van der Waals surface area contributed by atoms with Gasteiger partial charge in [0.05, 0.1) is 12.7 Å². The van der Waals surface area contributed by atoms with E-state index in [1.165, 1.54) is 17.0 Å². The lowest BCUT2D eigenvalue weighted by Gasteiger charge is -2.15. The van der Waals surface area contributed by atoms with Crippen LogP contribution >= 0.6 is 0 Å². The van der Waals surface area contributed by atoms with Crippen molar-refractivity contribution < 1.29 is 9.47 Å². The van der Waals surface area contributed by atoms with Crippen molar-refractivity contribution in [2.45, 2.75) is 26.5 Å². The van der Waals surface area contributed by atoms with Gasteiger partial charge in [0.2, 0.25) is 0 Å². The maximum atomic E-state index is 5.30. The first-order chi connectivity index (χ1) is 8.10. The smallest absolute Gasteiger partial charge is 0.0928 e. The van der Waals surface area contributed by atoms with Crippen molar-refractivity contribution in [3.8, 4) is 0 Å². The number of nitrogens with one attached hydrogen (secondary N) is 1. The fraction of sp³-hybridized carbons (Fsp3) is 0.692. The highest BCUT2D eigenvalue weighted by molar-refractivity contribution is 5.26. The molecule has 0 aliphatic rings. The number of ether oxygens (including phenoxy) is 2. The van der Waals surface area contributed by atoms with Crippen LogP contribution in [-0.2, 0) is 23.1 Å². The number of methoxy groups -OCH3 is 2. The van der Waals surface area contributed by atoms with Crippen LogP contribution in [0, 0.1) is 13.8 Å². The quantitative estimate of drug-likeness (QED) is 0.782. The average molecular weight is 240 g/mol. The van der Waals surface area contributed by atoms with Crippen LogP contribution in [0.15, 0.2) is 6.07 Å². The second-order valence-electron chi connectivity index (χ2n) is 4.40. The second-order valence-corrected chi connectivity index (χ2v) is 4.40. The van der Waals surface area contributed by atoms with Gasteiger partial charge in [-0.2, -0.15) is 0 Å². The standard InChI is InChI=1S/C13H24N2O2/c1-10-6-12(11(2)15(10)3)7-14-8-13(17-5)9-16-4/h6,13-14H,7-9H2,1-5H3. The van der Waals surface area contributed by atoms with Gasteiger partial charge >= 0.3 is 0 Å². The fourth-order valence-corrected chi connectivity index (χ4v) is 1.88. The molecule has 4 heteroatoms. The first kappa shape index (κ1) is 14.2. The van der Waals surface area contributed by atoms with Crippen LogP contribution in [0.2, 0.25) is 0 Å². The molecular weight excluding hydrogens is 216 g/mol. The van der Waals surface area contributed by atoms with E-state index in [4.69, 9.17) is 9.47 Å². The van der Waals surface area contributed by atoms with Gasteiger partial charge < -0.3 is 19.4 Å². The van der Waals surface area contributed by atoms with Gasteiger partial charge in [0.1, 0.15) is 0 Å². The minimum atomic E-state index is 0.116. The number of aryl methyl sites for hydroxylation is 1. The number of hydrogen-bond acceptors (Lipinski definition) is 3. The first-order valence-corrected chi connectivity index (χ1v) is 5.94. The summed E-state index contributed by atoms with van der Waals surface area (Å²) in [6, 6.07) is 2.22. The van der Waals surface area contributed by atoms with E-state index in [1.807, 2.05) is 0 Å². The molecule has 0 bridgehead atoms. The van der Waals surface area contributed by atoms with Crippen molar-refractivity contribution in [3.05, 3.63) is 23.0 Å². The molecular formula is C13H24N2O2. The Morgan fingerprint density at radius 2 is 2.06 bits per heavy atom. The van der Waals surface area contributed by atoms with E-state index in [9.17, 15) is 0 Å². The van der Waals surface area contributed by atoms with Crippen molar-refractivity contribution in [1.82, 2.24) is 9.88 Å². The molecule has 0 radical (unpaired) electrons. The van der Waals surface area contributed by atoms with E-state index in [-0.39, 0.29) is 6.10 Å². The summed E-state index contributed by atoms with van der Waals surface area (Å²) in [4.78, 5) is 0. The molecule has 1 rings (SSSR count). The molecule has 0 aliphatic carbocycles. The van der Waals surface area contributed by atoms with Gasteiger partial charge in [-0.3, -0.25) is 0 Å². The van der Waals surface area contributed by atoms with Gasteiger partial charge in [-0.1, -0.05) is 0 Å². The SMILES string of the molecule is COCC(CNCc1cc(C)n(C)c1C)OC. The highest BCUT2D eigenvalue weighted by Gasteiger charge is 2.08. The molecule has 1 atom stereocenters. The summed E-state index contributed by atoms with van der Waals surface area (Å²) in [5.74, 6) is 0. The Labute approximate surface area is 104 Å². The molecule has 0 saturated heterocycles. The Balaban J connectivity index is 2.42. The third-order valence-electron chi connectivity index (χ3n) is 3.25. The molecule has 0 spiro atoms. The maximum Gasteiger partial charge on any atom is 0.0928 e. The van der Waals surface area contributed by atoms with Crippen LogP contribution < -0.4 is 5.32 Å². The van der Waals surface area contributed by atoms with Gasteiger partial charge in [-0.25, -0.2) is 0 Å². The van der Waals surface area contributed by atoms with Crippen molar-refractivity contribution in [3.63, 3.8) is 0 Å². The highest BCUT2D eigenvalue weighted by atomic mass is 16.5. The summed E-state index contributed by atoms with van der Waals surface area (Å²) >= 11 is 0. The largest absolute Gasteiger partial charge is 0.382 e. The number of aromatic nitrogens is 1. The van der Waals surface area contributed by atoms with E-state index in [0.29, 0.717) is 6.61 Å². The predicted octanol–water partition coefficient (Wildman–Crippen LogP) is 1.39. The first-order valence-electron chi connectivity index (χ1n) is 5.94. The molecule has 1 aromatic heterocycles. The maximum absolute atomic E-state index is 5.30. The lowest BCUT2D eigenvalue weighted by molar-refractivity contribution is 0.0288. The summed E-state index contributed by atoms with van der Waals surface area (Å²) in [5.41, 5.74) is 3.95. The fourth-order valence-electron chi connectivity index (χ4n) is 1.88. The molecule has 1 unspecified atom stereocenters. The Morgan fingerprint density at radius 3 is 2.53 bits per heavy atom. The average Bonchev–Trinajstić information content (AvgIpc) is 2.56. The van der Waals surface area contributed by atoms with Gasteiger partial charge in [0, 0.05) is 45.7 Å². The van der Waals surface area contributed by atoms with E-state index in [2.05, 4.69) is 36.8 Å². The van der Waals surface area contributed by atoms with Crippen LogP contribution in [0.3, 0.4) is 0 Å². The van der Waals surface area contributed by atoms with E-state index in [0.717, 1.165) is 13.1 Å². The molecule has 98 valence electrons. The molecule has 1 heterocycles. The Kier molecular flexibility index (Phi) is 5.68. The van der Waals surface area contributed by atoms with Gasteiger partial charge in [0.25, 0.3) is 0 Å². The Morgan fingerprint density at radius 1 is 1.35 bits per heavy atom. The normalized spacial score (nSPS) is 13.0. The lowest BCUT2D eigenvalue weighted by atomic mass is 10.2. The minimum Gasteiger partial charge on any atom is -0.382 e. The van der Waals surface area contributed by atoms with Crippen LogP contribution in [0.1, 0.15) is 17.0 Å². The van der Waals surface area contributed by atoms with Crippen molar-refractivity contribution in [2.24, 2.45) is 7.05 Å². The van der Waals surface area contributed by atoms with Crippen LogP contribution in [0.4, 0.5) is 0 Å². The highest BCUT2D eigenvalue weighted by Crippen LogP contribution is 2.12. The van der Waals surface area contributed by atoms with Crippen LogP contribution in [-0.4, -0.2) is 38.0 Å². The summed E-state index contributed by atoms with van der Waals surface area (Å²) in [5, 5.41) is 3.40. The van der Waals surface area contributed by atoms with Crippen molar-refractivity contribution in [1.29, 1.82) is 0 Å². The Hall–Kier alpha value is -0.840. The third kappa shape index (κ3) is 3.84. The monoisotopic (exact) mass is 240 g/mol. The zero-order valence-corrected chi connectivity index (χ0v) is 11.5. The Bertz CT molecular complexity index is 347. The molecule has 0 aliphatic heterocycles. The van der Waals surface area contributed by atoms with Crippen molar-refractivity contribution >= 4 is 0 Å². The molecule has 4 nitrogen and oxygen atoms in total. The van der Waals surface area contributed by atoms with Gasteiger partial charge in [0.15, 0.2) is 0 Å². The van der Waals surface area contributed by atoms with Gasteiger partial charge in [-0.05, 0) is 25.5 Å². The molecule has 17 heavy (non-hydrogen) atoms. The summed E-state index contributed by atoms with van der Waals surface area (Å²) in [6.07, 6.45) is 0.116. The predicted molar refractivity (Wildman–Crippen MR) is 69.3 cm³/mol. The number of rotatable bonds is 7. The van der Waals surface area contributed by atoms with E-state index in [1.54, 1.807) is 14.2 Å². The van der Waals surface area contributed by atoms with Crippen molar-refractivity contribution in [2.75, 3.05) is 27.4 Å². The lowest BCUT2D eigenvalue weighted by Crippen LogP contribution is -2.31.